The van der Waals surface area contributed by atoms with Crippen molar-refractivity contribution >= 4 is 12.0 Å². The summed E-state index contributed by atoms with van der Waals surface area (Å²) in [6.07, 6.45) is -0.646. The van der Waals surface area contributed by atoms with Gasteiger partial charge in [0.25, 0.3) is 0 Å². The molecule has 0 saturated heterocycles. The molecule has 0 heterocycles. The minimum absolute atomic E-state index is 0.166. The highest BCUT2D eigenvalue weighted by Gasteiger charge is 2.31. The lowest BCUT2D eigenvalue weighted by Gasteiger charge is -2.20. The van der Waals surface area contributed by atoms with E-state index in [0.717, 1.165) is 6.08 Å². The second-order valence-electron chi connectivity index (χ2n) is 4.23. The standard InChI is InChI=1S/C15H16F3NO2/c1-3-9-19(11-15(16,17)18)14(20)8-7-12-5-4-6-13(10-12)21-2/h3-8,10H,1,9,11H2,2H3/b8-7+. The van der Waals surface area contributed by atoms with Gasteiger partial charge in [0.1, 0.15) is 12.3 Å². The Labute approximate surface area is 121 Å². The number of hydrogen-bond acceptors (Lipinski definition) is 2. The quantitative estimate of drug-likeness (QED) is 0.596. The van der Waals surface area contributed by atoms with Crippen LogP contribution in [0.15, 0.2) is 43.0 Å². The van der Waals surface area contributed by atoms with Gasteiger partial charge in [0, 0.05) is 12.6 Å². The molecule has 1 rings (SSSR count). The maximum Gasteiger partial charge on any atom is 0.406 e. The normalized spacial score (nSPS) is 11.4. The molecule has 0 atom stereocenters. The zero-order valence-corrected chi connectivity index (χ0v) is 11.6. The predicted molar refractivity (Wildman–Crippen MR) is 74.9 cm³/mol. The third-order valence-corrected chi connectivity index (χ3v) is 2.54. The molecule has 0 aliphatic carbocycles. The number of methoxy groups -OCH3 is 1. The lowest BCUT2D eigenvalue weighted by molar-refractivity contribution is -0.157. The molecule has 1 aromatic rings. The maximum atomic E-state index is 12.4. The van der Waals surface area contributed by atoms with Gasteiger partial charge < -0.3 is 9.64 Å². The third kappa shape index (κ3) is 6.16. The van der Waals surface area contributed by atoms with Gasteiger partial charge in [-0.3, -0.25) is 4.79 Å². The molecular formula is C15H16F3NO2. The van der Waals surface area contributed by atoms with E-state index in [1.165, 1.54) is 19.3 Å². The number of ether oxygens (including phenoxy) is 1. The number of benzene rings is 1. The van der Waals surface area contributed by atoms with Crippen molar-refractivity contribution in [3.63, 3.8) is 0 Å². The predicted octanol–water partition coefficient (Wildman–Crippen LogP) is 3.29. The first-order valence-corrected chi connectivity index (χ1v) is 6.14. The number of carbonyl (C=O) groups is 1. The molecular weight excluding hydrogens is 283 g/mol. The first-order chi connectivity index (χ1) is 9.85. The van der Waals surface area contributed by atoms with Gasteiger partial charge in [-0.05, 0) is 23.8 Å². The summed E-state index contributed by atoms with van der Waals surface area (Å²) in [7, 11) is 1.50. The molecule has 0 bridgehead atoms. The Balaban J connectivity index is 2.79. The van der Waals surface area contributed by atoms with Crippen LogP contribution in [0, 0.1) is 0 Å². The number of hydrogen-bond donors (Lipinski definition) is 0. The second-order valence-corrected chi connectivity index (χ2v) is 4.23. The van der Waals surface area contributed by atoms with E-state index in [1.54, 1.807) is 24.3 Å². The first kappa shape index (κ1) is 16.8. The molecule has 0 N–H and O–H groups in total. The van der Waals surface area contributed by atoms with Crippen LogP contribution in [0.2, 0.25) is 0 Å². The molecule has 0 saturated carbocycles. The summed E-state index contributed by atoms with van der Waals surface area (Å²) in [5.41, 5.74) is 0.660. The molecule has 0 aliphatic heterocycles. The van der Waals surface area contributed by atoms with Gasteiger partial charge in [-0.2, -0.15) is 13.2 Å². The molecule has 3 nitrogen and oxygen atoms in total. The lowest BCUT2D eigenvalue weighted by Crippen LogP contribution is -2.38. The van der Waals surface area contributed by atoms with Crippen LogP contribution in [0.25, 0.3) is 6.08 Å². The van der Waals surface area contributed by atoms with Crippen molar-refractivity contribution in [2.45, 2.75) is 6.18 Å². The Morgan fingerprint density at radius 1 is 1.43 bits per heavy atom. The van der Waals surface area contributed by atoms with Crippen molar-refractivity contribution < 1.29 is 22.7 Å². The van der Waals surface area contributed by atoms with Crippen molar-refractivity contribution in [3.8, 4) is 5.75 Å². The van der Waals surface area contributed by atoms with Crippen molar-refractivity contribution in [2.75, 3.05) is 20.2 Å². The topological polar surface area (TPSA) is 29.5 Å². The van der Waals surface area contributed by atoms with E-state index in [4.69, 9.17) is 4.74 Å². The van der Waals surface area contributed by atoms with E-state index in [2.05, 4.69) is 6.58 Å². The summed E-state index contributed by atoms with van der Waals surface area (Å²) in [6.45, 7) is 1.88. The fourth-order valence-corrected chi connectivity index (χ4v) is 1.62. The number of amides is 1. The molecule has 0 aromatic heterocycles. The highest BCUT2D eigenvalue weighted by Crippen LogP contribution is 2.17. The van der Waals surface area contributed by atoms with E-state index in [9.17, 15) is 18.0 Å². The van der Waals surface area contributed by atoms with Crippen LogP contribution in [0.5, 0.6) is 5.75 Å². The molecule has 0 aliphatic rings. The van der Waals surface area contributed by atoms with Crippen molar-refractivity contribution in [1.82, 2.24) is 4.90 Å². The van der Waals surface area contributed by atoms with Crippen molar-refractivity contribution in [3.05, 3.63) is 48.6 Å². The maximum absolute atomic E-state index is 12.4. The zero-order chi connectivity index (χ0) is 15.9. The summed E-state index contributed by atoms with van der Waals surface area (Å²) in [6, 6.07) is 6.84. The van der Waals surface area contributed by atoms with E-state index in [0.29, 0.717) is 16.2 Å². The summed E-state index contributed by atoms with van der Waals surface area (Å²) in [5, 5.41) is 0. The monoisotopic (exact) mass is 299 g/mol. The highest BCUT2D eigenvalue weighted by atomic mass is 19.4. The third-order valence-electron chi connectivity index (χ3n) is 2.54. The summed E-state index contributed by atoms with van der Waals surface area (Å²) in [4.78, 5) is 12.5. The van der Waals surface area contributed by atoms with Crippen LogP contribution in [0.4, 0.5) is 13.2 Å². The number of halogens is 3. The van der Waals surface area contributed by atoms with E-state index in [1.807, 2.05) is 0 Å². The molecule has 1 aromatic carbocycles. The van der Waals surface area contributed by atoms with E-state index in [-0.39, 0.29) is 6.54 Å². The largest absolute Gasteiger partial charge is 0.497 e. The summed E-state index contributed by atoms with van der Waals surface area (Å²) < 4.78 is 42.2. The molecule has 114 valence electrons. The average Bonchev–Trinajstić information content (AvgIpc) is 2.43. The second kappa shape index (κ2) is 7.52. The zero-order valence-electron chi connectivity index (χ0n) is 11.6. The summed E-state index contributed by atoms with van der Waals surface area (Å²) >= 11 is 0. The van der Waals surface area contributed by atoms with Crippen LogP contribution in [-0.4, -0.2) is 37.2 Å². The van der Waals surface area contributed by atoms with Crippen molar-refractivity contribution in [1.29, 1.82) is 0 Å². The molecule has 0 radical (unpaired) electrons. The van der Waals surface area contributed by atoms with Gasteiger partial charge in [-0.15, -0.1) is 6.58 Å². The first-order valence-electron chi connectivity index (χ1n) is 6.14. The van der Waals surface area contributed by atoms with Gasteiger partial charge in [0.2, 0.25) is 5.91 Å². The fraction of sp³-hybridized carbons (Fsp3) is 0.267. The summed E-state index contributed by atoms with van der Waals surface area (Å²) in [5.74, 6) is -0.127. The number of alkyl halides is 3. The highest BCUT2D eigenvalue weighted by molar-refractivity contribution is 5.92. The fourth-order valence-electron chi connectivity index (χ4n) is 1.62. The van der Waals surface area contributed by atoms with Crippen LogP contribution in [-0.2, 0) is 4.79 Å². The van der Waals surface area contributed by atoms with E-state index >= 15 is 0 Å². The Hall–Kier alpha value is -2.24. The van der Waals surface area contributed by atoms with Crippen LogP contribution >= 0.6 is 0 Å². The average molecular weight is 299 g/mol. The van der Waals surface area contributed by atoms with Gasteiger partial charge >= 0.3 is 6.18 Å². The molecule has 0 unspecified atom stereocenters. The lowest BCUT2D eigenvalue weighted by atomic mass is 10.2. The minimum atomic E-state index is -4.44. The molecule has 0 spiro atoms. The van der Waals surface area contributed by atoms with E-state index < -0.39 is 18.6 Å². The number of rotatable bonds is 6. The van der Waals surface area contributed by atoms with Crippen molar-refractivity contribution in [2.24, 2.45) is 0 Å². The van der Waals surface area contributed by atoms with Crippen LogP contribution in [0.1, 0.15) is 5.56 Å². The van der Waals surface area contributed by atoms with Gasteiger partial charge in [-0.1, -0.05) is 18.2 Å². The van der Waals surface area contributed by atoms with Crippen LogP contribution in [0.3, 0.4) is 0 Å². The SMILES string of the molecule is C=CCN(CC(F)(F)F)C(=O)/C=C/c1cccc(OC)c1. The molecule has 0 fully saturated rings. The number of nitrogens with zero attached hydrogens (tertiary/aromatic N) is 1. The Kier molecular flexibility index (Phi) is 6.02. The smallest absolute Gasteiger partial charge is 0.406 e. The van der Waals surface area contributed by atoms with Crippen LogP contribution < -0.4 is 4.74 Å². The van der Waals surface area contributed by atoms with Gasteiger partial charge in [0.05, 0.1) is 7.11 Å². The Morgan fingerprint density at radius 3 is 2.71 bits per heavy atom. The Bertz CT molecular complexity index is 524. The van der Waals surface area contributed by atoms with Gasteiger partial charge in [-0.25, -0.2) is 0 Å². The minimum Gasteiger partial charge on any atom is -0.497 e. The molecule has 21 heavy (non-hydrogen) atoms. The molecule has 1 amide bonds. The molecule has 6 heteroatoms. The Morgan fingerprint density at radius 2 is 2.14 bits per heavy atom. The number of carbonyl (C=O) groups excluding carboxylic acids is 1. The van der Waals surface area contributed by atoms with Gasteiger partial charge in [0.15, 0.2) is 0 Å².